The SMILES string of the molecule is Cc1ccc(Oc2ccc(N)c(NC(=O)NCc3ccccc3C)c2)cc1. The highest BCUT2D eigenvalue weighted by Crippen LogP contribution is 2.28. The van der Waals surface area contributed by atoms with Crippen LogP contribution in [0.25, 0.3) is 0 Å². The second-order valence-corrected chi connectivity index (χ2v) is 6.40. The summed E-state index contributed by atoms with van der Waals surface area (Å²) >= 11 is 0. The van der Waals surface area contributed by atoms with Crippen LogP contribution in [0.15, 0.2) is 66.7 Å². The summed E-state index contributed by atoms with van der Waals surface area (Å²) in [7, 11) is 0. The molecular weight excluding hydrogens is 338 g/mol. The summed E-state index contributed by atoms with van der Waals surface area (Å²) in [5, 5.41) is 5.62. The van der Waals surface area contributed by atoms with Crippen LogP contribution < -0.4 is 21.1 Å². The van der Waals surface area contributed by atoms with Crippen LogP contribution in [0.1, 0.15) is 16.7 Å². The van der Waals surface area contributed by atoms with Gasteiger partial charge < -0.3 is 21.1 Å². The molecular formula is C22H23N3O2. The molecule has 0 aliphatic carbocycles. The van der Waals surface area contributed by atoms with E-state index in [-0.39, 0.29) is 6.03 Å². The summed E-state index contributed by atoms with van der Waals surface area (Å²) in [6.07, 6.45) is 0. The number of hydrogen-bond donors (Lipinski definition) is 3. The number of anilines is 2. The van der Waals surface area contributed by atoms with Crippen molar-refractivity contribution in [2.24, 2.45) is 0 Å². The van der Waals surface area contributed by atoms with Crippen LogP contribution in [0.5, 0.6) is 11.5 Å². The Morgan fingerprint density at radius 3 is 2.41 bits per heavy atom. The van der Waals surface area contributed by atoms with Gasteiger partial charge in [0.15, 0.2) is 0 Å². The zero-order valence-electron chi connectivity index (χ0n) is 15.5. The van der Waals surface area contributed by atoms with Crippen LogP contribution in [0.3, 0.4) is 0 Å². The maximum Gasteiger partial charge on any atom is 0.319 e. The number of nitrogen functional groups attached to an aromatic ring is 1. The molecule has 0 fully saturated rings. The van der Waals surface area contributed by atoms with E-state index in [9.17, 15) is 4.79 Å². The molecule has 0 aliphatic rings. The van der Waals surface area contributed by atoms with Gasteiger partial charge in [0.25, 0.3) is 0 Å². The van der Waals surface area contributed by atoms with E-state index in [0.29, 0.717) is 23.7 Å². The minimum Gasteiger partial charge on any atom is -0.457 e. The fraction of sp³-hybridized carbons (Fsp3) is 0.136. The number of urea groups is 1. The molecule has 0 atom stereocenters. The van der Waals surface area contributed by atoms with Gasteiger partial charge in [0, 0.05) is 12.6 Å². The van der Waals surface area contributed by atoms with Crippen LogP contribution in [0.2, 0.25) is 0 Å². The maximum absolute atomic E-state index is 12.2. The van der Waals surface area contributed by atoms with Gasteiger partial charge in [-0.05, 0) is 49.2 Å². The van der Waals surface area contributed by atoms with E-state index in [1.165, 1.54) is 0 Å². The highest BCUT2D eigenvalue weighted by molar-refractivity contribution is 5.92. The predicted octanol–water partition coefficient (Wildman–Crippen LogP) is 5.00. The van der Waals surface area contributed by atoms with Crippen LogP contribution >= 0.6 is 0 Å². The molecule has 0 saturated carbocycles. The molecule has 5 nitrogen and oxygen atoms in total. The molecule has 0 spiro atoms. The van der Waals surface area contributed by atoms with Gasteiger partial charge in [-0.15, -0.1) is 0 Å². The predicted molar refractivity (Wildman–Crippen MR) is 109 cm³/mol. The number of benzene rings is 3. The van der Waals surface area contributed by atoms with Gasteiger partial charge in [0.2, 0.25) is 0 Å². The first-order chi connectivity index (χ1) is 13.0. The van der Waals surface area contributed by atoms with Crippen molar-refractivity contribution in [2.75, 3.05) is 11.1 Å². The average molecular weight is 361 g/mol. The Kier molecular flexibility index (Phi) is 5.61. The molecule has 0 saturated heterocycles. The molecule has 0 aliphatic heterocycles. The van der Waals surface area contributed by atoms with Crippen LogP contribution in [-0.4, -0.2) is 6.03 Å². The lowest BCUT2D eigenvalue weighted by atomic mass is 10.1. The van der Waals surface area contributed by atoms with E-state index < -0.39 is 0 Å². The van der Waals surface area contributed by atoms with Gasteiger partial charge in [-0.25, -0.2) is 4.79 Å². The van der Waals surface area contributed by atoms with E-state index in [0.717, 1.165) is 22.4 Å². The molecule has 4 N–H and O–H groups in total. The van der Waals surface area contributed by atoms with Gasteiger partial charge >= 0.3 is 6.03 Å². The molecule has 2 amide bonds. The van der Waals surface area contributed by atoms with E-state index in [2.05, 4.69) is 10.6 Å². The standard InChI is InChI=1S/C22H23N3O2/c1-15-7-9-18(10-8-15)27-19-11-12-20(23)21(13-19)25-22(26)24-14-17-6-4-3-5-16(17)2/h3-13H,14,23H2,1-2H3,(H2,24,25,26). The smallest absolute Gasteiger partial charge is 0.319 e. The monoisotopic (exact) mass is 361 g/mol. The number of amides is 2. The molecule has 0 heterocycles. The molecule has 3 rings (SSSR count). The fourth-order valence-electron chi connectivity index (χ4n) is 2.60. The summed E-state index contributed by atoms with van der Waals surface area (Å²) in [5.74, 6) is 1.32. The zero-order chi connectivity index (χ0) is 19.2. The summed E-state index contributed by atoms with van der Waals surface area (Å²) in [6.45, 7) is 4.47. The number of carbonyl (C=O) groups excluding carboxylic acids is 1. The van der Waals surface area contributed by atoms with Gasteiger partial charge in [-0.1, -0.05) is 42.0 Å². The van der Waals surface area contributed by atoms with E-state index in [4.69, 9.17) is 10.5 Å². The number of nitrogens with two attached hydrogens (primary N) is 1. The highest BCUT2D eigenvalue weighted by Gasteiger charge is 2.08. The lowest BCUT2D eigenvalue weighted by molar-refractivity contribution is 0.251. The highest BCUT2D eigenvalue weighted by atomic mass is 16.5. The van der Waals surface area contributed by atoms with E-state index >= 15 is 0 Å². The van der Waals surface area contributed by atoms with Crippen LogP contribution in [0, 0.1) is 13.8 Å². The van der Waals surface area contributed by atoms with Crippen molar-refractivity contribution in [1.29, 1.82) is 0 Å². The Morgan fingerprint density at radius 1 is 0.963 bits per heavy atom. The third-order valence-electron chi connectivity index (χ3n) is 4.23. The maximum atomic E-state index is 12.2. The average Bonchev–Trinajstić information content (AvgIpc) is 2.66. The number of carbonyl (C=O) groups is 1. The normalized spacial score (nSPS) is 10.3. The lowest BCUT2D eigenvalue weighted by Crippen LogP contribution is -2.28. The van der Waals surface area contributed by atoms with E-state index in [1.54, 1.807) is 18.2 Å². The summed E-state index contributed by atoms with van der Waals surface area (Å²) < 4.78 is 5.83. The number of hydrogen-bond acceptors (Lipinski definition) is 3. The van der Waals surface area contributed by atoms with Crippen molar-refractivity contribution in [3.63, 3.8) is 0 Å². The molecule has 138 valence electrons. The second kappa shape index (κ2) is 8.27. The van der Waals surface area contributed by atoms with Gasteiger partial charge in [-0.2, -0.15) is 0 Å². The van der Waals surface area contributed by atoms with Crippen molar-refractivity contribution in [2.45, 2.75) is 20.4 Å². The Morgan fingerprint density at radius 2 is 1.67 bits per heavy atom. The Hall–Kier alpha value is -3.47. The van der Waals surface area contributed by atoms with Crippen LogP contribution in [0.4, 0.5) is 16.2 Å². The second-order valence-electron chi connectivity index (χ2n) is 6.40. The minimum absolute atomic E-state index is 0.322. The van der Waals surface area contributed by atoms with Crippen molar-refractivity contribution < 1.29 is 9.53 Å². The number of nitrogens with one attached hydrogen (secondary N) is 2. The van der Waals surface area contributed by atoms with Crippen LogP contribution in [-0.2, 0) is 6.54 Å². The molecule has 0 bridgehead atoms. The minimum atomic E-state index is -0.322. The molecule has 27 heavy (non-hydrogen) atoms. The summed E-state index contributed by atoms with van der Waals surface area (Å²) in [5.41, 5.74) is 10.3. The molecule has 0 radical (unpaired) electrons. The largest absolute Gasteiger partial charge is 0.457 e. The molecule has 5 heteroatoms. The Labute approximate surface area is 159 Å². The molecule has 3 aromatic carbocycles. The third kappa shape index (κ3) is 5.01. The quantitative estimate of drug-likeness (QED) is 0.560. The van der Waals surface area contributed by atoms with Crippen molar-refractivity contribution in [3.05, 3.63) is 83.4 Å². The summed E-state index contributed by atoms with van der Waals surface area (Å²) in [6, 6.07) is 20.5. The summed E-state index contributed by atoms with van der Waals surface area (Å²) in [4.78, 5) is 12.2. The third-order valence-corrected chi connectivity index (χ3v) is 4.23. The van der Waals surface area contributed by atoms with Gasteiger partial charge in [-0.3, -0.25) is 0 Å². The zero-order valence-corrected chi connectivity index (χ0v) is 15.5. The van der Waals surface area contributed by atoms with Gasteiger partial charge in [0.05, 0.1) is 11.4 Å². The molecule has 0 unspecified atom stereocenters. The first-order valence-corrected chi connectivity index (χ1v) is 8.74. The van der Waals surface area contributed by atoms with E-state index in [1.807, 2.05) is 62.4 Å². The first kappa shape index (κ1) is 18.3. The van der Waals surface area contributed by atoms with Crippen molar-refractivity contribution in [1.82, 2.24) is 5.32 Å². The van der Waals surface area contributed by atoms with Gasteiger partial charge in [0.1, 0.15) is 11.5 Å². The first-order valence-electron chi connectivity index (χ1n) is 8.74. The molecule has 3 aromatic rings. The Bertz CT molecular complexity index is 937. The number of rotatable bonds is 5. The fourth-order valence-corrected chi connectivity index (χ4v) is 2.60. The van der Waals surface area contributed by atoms with Crippen molar-refractivity contribution in [3.8, 4) is 11.5 Å². The Balaban J connectivity index is 1.64. The van der Waals surface area contributed by atoms with Crippen molar-refractivity contribution >= 4 is 17.4 Å². The lowest BCUT2D eigenvalue weighted by Gasteiger charge is -2.13. The number of aryl methyl sites for hydroxylation is 2. The topological polar surface area (TPSA) is 76.4 Å². The number of ether oxygens (including phenoxy) is 1. The molecule has 0 aromatic heterocycles.